The Bertz CT molecular complexity index is 1010. The summed E-state index contributed by atoms with van der Waals surface area (Å²) in [4.78, 5) is 24.1. The molecule has 2 aromatic carbocycles. The molecule has 0 aromatic heterocycles. The molecule has 0 aliphatic rings. The van der Waals surface area contributed by atoms with E-state index in [0.29, 0.717) is 19.6 Å². The standard InChI is InChI=1S/C22H26N2O6S/c1-3-29-19-9-4-17(5-10-19)8-13-21(25)30-16(2)22(26)24-15-14-18-6-11-20(12-7-18)31(23,27)28/h4-13,16H,3,14-15H2,1-2H3,(H,24,26)(H2,23,27,28)/b13-8+. The first kappa shape index (κ1) is 24.1. The molecule has 1 amide bonds. The van der Waals surface area contributed by atoms with Crippen LogP contribution in [0.5, 0.6) is 5.75 Å². The van der Waals surface area contributed by atoms with E-state index in [1.807, 2.05) is 6.92 Å². The second-order valence-electron chi connectivity index (χ2n) is 6.64. The molecule has 0 bridgehead atoms. The quantitative estimate of drug-likeness (QED) is 0.425. The van der Waals surface area contributed by atoms with E-state index >= 15 is 0 Å². The Hall–Kier alpha value is -3.17. The summed E-state index contributed by atoms with van der Waals surface area (Å²) in [5.41, 5.74) is 1.63. The first-order chi connectivity index (χ1) is 14.7. The van der Waals surface area contributed by atoms with Crippen LogP contribution in [0.2, 0.25) is 0 Å². The van der Waals surface area contributed by atoms with Crippen molar-refractivity contribution in [1.82, 2.24) is 5.32 Å². The highest BCUT2D eigenvalue weighted by Crippen LogP contribution is 2.13. The number of hydrogen-bond donors (Lipinski definition) is 2. The van der Waals surface area contributed by atoms with Crippen LogP contribution in [-0.4, -0.2) is 39.5 Å². The highest BCUT2D eigenvalue weighted by Gasteiger charge is 2.16. The zero-order valence-electron chi connectivity index (χ0n) is 17.4. The summed E-state index contributed by atoms with van der Waals surface area (Å²) in [6, 6.07) is 13.3. The molecule has 166 valence electrons. The molecule has 9 heteroatoms. The number of amides is 1. The number of ether oxygens (including phenoxy) is 2. The fourth-order valence-electron chi connectivity index (χ4n) is 2.59. The monoisotopic (exact) mass is 446 g/mol. The van der Waals surface area contributed by atoms with Gasteiger partial charge in [-0.2, -0.15) is 0 Å². The van der Waals surface area contributed by atoms with E-state index in [2.05, 4.69) is 5.32 Å². The van der Waals surface area contributed by atoms with Gasteiger partial charge in [0.25, 0.3) is 5.91 Å². The van der Waals surface area contributed by atoms with Crippen molar-refractivity contribution in [2.75, 3.05) is 13.2 Å². The van der Waals surface area contributed by atoms with Crippen molar-refractivity contribution < 1.29 is 27.5 Å². The Kier molecular flexibility index (Phi) is 8.77. The number of primary sulfonamides is 1. The lowest BCUT2D eigenvalue weighted by molar-refractivity contribution is -0.150. The van der Waals surface area contributed by atoms with E-state index in [9.17, 15) is 18.0 Å². The molecule has 2 aromatic rings. The van der Waals surface area contributed by atoms with Gasteiger partial charge in [-0.15, -0.1) is 0 Å². The number of nitrogens with two attached hydrogens (primary N) is 1. The van der Waals surface area contributed by atoms with Gasteiger partial charge in [-0.05, 0) is 61.7 Å². The minimum absolute atomic E-state index is 0.0270. The third kappa shape index (κ3) is 8.23. The lowest BCUT2D eigenvalue weighted by Crippen LogP contribution is -2.36. The second-order valence-corrected chi connectivity index (χ2v) is 8.21. The highest BCUT2D eigenvalue weighted by molar-refractivity contribution is 7.89. The average Bonchev–Trinajstić information content (AvgIpc) is 2.73. The van der Waals surface area contributed by atoms with Crippen molar-refractivity contribution in [2.24, 2.45) is 5.14 Å². The number of carbonyl (C=O) groups is 2. The first-order valence-electron chi connectivity index (χ1n) is 9.70. The molecule has 0 aliphatic carbocycles. The summed E-state index contributed by atoms with van der Waals surface area (Å²) in [5, 5.41) is 7.73. The van der Waals surface area contributed by atoms with Crippen LogP contribution in [0.1, 0.15) is 25.0 Å². The molecule has 0 saturated heterocycles. The van der Waals surface area contributed by atoms with Crippen molar-refractivity contribution in [3.05, 3.63) is 65.7 Å². The van der Waals surface area contributed by atoms with E-state index in [0.717, 1.165) is 16.9 Å². The van der Waals surface area contributed by atoms with E-state index in [4.69, 9.17) is 14.6 Å². The third-order valence-corrected chi connectivity index (χ3v) is 5.16. The number of sulfonamides is 1. The zero-order valence-corrected chi connectivity index (χ0v) is 18.2. The van der Waals surface area contributed by atoms with Crippen LogP contribution in [0.3, 0.4) is 0 Å². The first-order valence-corrected chi connectivity index (χ1v) is 11.2. The molecule has 1 unspecified atom stereocenters. The van der Waals surface area contributed by atoms with Crippen molar-refractivity contribution in [1.29, 1.82) is 0 Å². The molecule has 1 atom stereocenters. The molecule has 0 fully saturated rings. The molecule has 0 aliphatic heterocycles. The SMILES string of the molecule is CCOc1ccc(/C=C/C(=O)OC(C)C(=O)NCCc2ccc(S(N)(=O)=O)cc2)cc1. The van der Waals surface area contributed by atoms with Crippen molar-refractivity contribution in [2.45, 2.75) is 31.3 Å². The summed E-state index contributed by atoms with van der Waals surface area (Å²) in [7, 11) is -3.73. The van der Waals surface area contributed by atoms with Gasteiger partial charge in [-0.1, -0.05) is 24.3 Å². The van der Waals surface area contributed by atoms with Gasteiger partial charge in [-0.25, -0.2) is 18.4 Å². The van der Waals surface area contributed by atoms with Crippen LogP contribution in [0.4, 0.5) is 0 Å². The average molecular weight is 447 g/mol. The number of benzene rings is 2. The van der Waals surface area contributed by atoms with Crippen molar-refractivity contribution in [3.63, 3.8) is 0 Å². The zero-order chi connectivity index (χ0) is 22.9. The Morgan fingerprint density at radius 2 is 1.74 bits per heavy atom. The molecule has 2 rings (SSSR count). The normalized spacial score (nSPS) is 12.4. The van der Waals surface area contributed by atoms with Crippen LogP contribution >= 0.6 is 0 Å². The Labute approximate surface area is 182 Å². The summed E-state index contributed by atoms with van der Waals surface area (Å²) in [5.74, 6) is -0.313. The molecule has 3 N–H and O–H groups in total. The summed E-state index contributed by atoms with van der Waals surface area (Å²) in [6.45, 7) is 4.26. The maximum absolute atomic E-state index is 12.1. The fraction of sp³-hybridized carbons (Fsp3) is 0.273. The van der Waals surface area contributed by atoms with Crippen LogP contribution in [0, 0.1) is 0 Å². The Morgan fingerprint density at radius 3 is 2.32 bits per heavy atom. The summed E-state index contributed by atoms with van der Waals surface area (Å²) >= 11 is 0. The maximum Gasteiger partial charge on any atom is 0.331 e. The van der Waals surface area contributed by atoms with E-state index < -0.39 is 28.0 Å². The van der Waals surface area contributed by atoms with Gasteiger partial charge in [0.05, 0.1) is 11.5 Å². The van der Waals surface area contributed by atoms with E-state index in [1.165, 1.54) is 25.1 Å². The minimum Gasteiger partial charge on any atom is -0.494 e. The number of esters is 1. The predicted octanol–water partition coefficient (Wildman–Crippen LogP) is 2.04. The number of carbonyl (C=O) groups excluding carboxylic acids is 2. The number of hydrogen-bond acceptors (Lipinski definition) is 6. The minimum atomic E-state index is -3.73. The van der Waals surface area contributed by atoms with Crippen LogP contribution < -0.4 is 15.2 Å². The molecular weight excluding hydrogens is 420 g/mol. The highest BCUT2D eigenvalue weighted by atomic mass is 32.2. The number of nitrogens with one attached hydrogen (secondary N) is 1. The molecule has 0 spiro atoms. The largest absolute Gasteiger partial charge is 0.494 e. The second kappa shape index (κ2) is 11.3. The molecule has 8 nitrogen and oxygen atoms in total. The van der Waals surface area contributed by atoms with Gasteiger partial charge in [0.1, 0.15) is 5.75 Å². The molecule has 0 radical (unpaired) electrons. The van der Waals surface area contributed by atoms with Gasteiger partial charge in [0.15, 0.2) is 6.10 Å². The smallest absolute Gasteiger partial charge is 0.331 e. The lowest BCUT2D eigenvalue weighted by Gasteiger charge is -2.12. The van der Waals surface area contributed by atoms with Crippen LogP contribution in [-0.2, 0) is 30.8 Å². The van der Waals surface area contributed by atoms with Crippen molar-refractivity contribution in [3.8, 4) is 5.75 Å². The van der Waals surface area contributed by atoms with E-state index in [-0.39, 0.29) is 4.90 Å². The fourth-order valence-corrected chi connectivity index (χ4v) is 3.11. The van der Waals surface area contributed by atoms with Gasteiger partial charge < -0.3 is 14.8 Å². The van der Waals surface area contributed by atoms with Gasteiger partial charge in [0.2, 0.25) is 10.0 Å². The van der Waals surface area contributed by atoms with Gasteiger partial charge >= 0.3 is 5.97 Å². The topological polar surface area (TPSA) is 125 Å². The molecule has 31 heavy (non-hydrogen) atoms. The molecular formula is C22H26N2O6S. The third-order valence-electron chi connectivity index (χ3n) is 4.23. The van der Waals surface area contributed by atoms with Crippen LogP contribution in [0.15, 0.2) is 59.5 Å². The molecule has 0 heterocycles. The summed E-state index contributed by atoms with van der Waals surface area (Å²) < 4.78 is 33.0. The van der Waals surface area contributed by atoms with Crippen LogP contribution in [0.25, 0.3) is 6.08 Å². The van der Waals surface area contributed by atoms with Gasteiger partial charge in [-0.3, -0.25) is 4.79 Å². The Morgan fingerprint density at radius 1 is 1.10 bits per heavy atom. The maximum atomic E-state index is 12.1. The predicted molar refractivity (Wildman–Crippen MR) is 117 cm³/mol. The molecule has 0 saturated carbocycles. The number of rotatable bonds is 10. The van der Waals surface area contributed by atoms with Crippen molar-refractivity contribution >= 4 is 28.0 Å². The van der Waals surface area contributed by atoms with E-state index in [1.54, 1.807) is 42.5 Å². The summed E-state index contributed by atoms with van der Waals surface area (Å²) in [6.07, 6.45) is 2.37. The van der Waals surface area contributed by atoms with Gasteiger partial charge in [0, 0.05) is 12.6 Å². The lowest BCUT2D eigenvalue weighted by atomic mass is 10.1. The Balaban J connectivity index is 1.76.